The third kappa shape index (κ3) is 5.32. The van der Waals surface area contributed by atoms with E-state index in [1.807, 2.05) is 6.92 Å². The number of halogens is 1. The van der Waals surface area contributed by atoms with Crippen LogP contribution in [0.5, 0.6) is 5.75 Å². The zero-order valence-electron chi connectivity index (χ0n) is 17.9. The molecule has 1 aliphatic rings. The van der Waals surface area contributed by atoms with Crippen molar-refractivity contribution in [3.05, 3.63) is 65.0 Å². The van der Waals surface area contributed by atoms with Gasteiger partial charge in [-0.05, 0) is 49.4 Å². The molecule has 2 atom stereocenters. The Kier molecular flexibility index (Phi) is 6.90. The normalized spacial score (nSPS) is 17.7. The second-order valence-electron chi connectivity index (χ2n) is 7.56. The third-order valence-electron chi connectivity index (χ3n) is 5.22. The Morgan fingerprint density at radius 2 is 2.06 bits per heavy atom. The van der Waals surface area contributed by atoms with Gasteiger partial charge in [0.25, 0.3) is 5.91 Å². The number of carbonyl (C=O) groups excluding carboxylic acids is 2. The van der Waals surface area contributed by atoms with Gasteiger partial charge in [-0.25, -0.2) is 0 Å². The summed E-state index contributed by atoms with van der Waals surface area (Å²) in [5, 5.41) is 17.4. The molecule has 2 heterocycles. The summed E-state index contributed by atoms with van der Waals surface area (Å²) in [4.78, 5) is 31.5. The summed E-state index contributed by atoms with van der Waals surface area (Å²) in [6.45, 7) is 2.39. The highest BCUT2D eigenvalue weighted by atomic mass is 35.5. The number of aromatic nitrogens is 2. The van der Waals surface area contributed by atoms with Crippen LogP contribution in [0, 0.1) is 0 Å². The van der Waals surface area contributed by atoms with E-state index >= 15 is 0 Å². The number of nitrogens with zero attached hydrogens (tertiary/aromatic N) is 3. The molecule has 1 fully saturated rings. The van der Waals surface area contributed by atoms with Crippen LogP contribution in [-0.2, 0) is 11.3 Å². The maximum atomic E-state index is 13.1. The number of ether oxygens (including phenoxy) is 1. The first kappa shape index (κ1) is 22.8. The fourth-order valence-electron chi connectivity index (χ4n) is 3.66. The Labute approximate surface area is 195 Å². The fraction of sp³-hybridized carbons (Fsp3) is 0.304. The molecular weight excluding hydrogens is 448 g/mol. The SMILES string of the molecule is CCOc1cccc(C(=O)N2CC(O)CC2C(=O)NCc2nc(-c3ccc(Cl)cc3)no2)c1. The summed E-state index contributed by atoms with van der Waals surface area (Å²) in [5.41, 5.74) is 1.11. The van der Waals surface area contributed by atoms with E-state index in [0.29, 0.717) is 28.8 Å². The summed E-state index contributed by atoms with van der Waals surface area (Å²) in [6.07, 6.45) is -0.651. The minimum atomic E-state index is -0.818. The lowest BCUT2D eigenvalue weighted by Crippen LogP contribution is -2.45. The Hall–Kier alpha value is -3.43. The largest absolute Gasteiger partial charge is 0.494 e. The van der Waals surface area contributed by atoms with Crippen molar-refractivity contribution in [3.8, 4) is 17.1 Å². The minimum absolute atomic E-state index is 0.00608. The molecule has 1 aromatic heterocycles. The molecule has 172 valence electrons. The quantitative estimate of drug-likeness (QED) is 0.545. The minimum Gasteiger partial charge on any atom is -0.494 e. The van der Waals surface area contributed by atoms with Gasteiger partial charge in [0.2, 0.25) is 17.6 Å². The summed E-state index contributed by atoms with van der Waals surface area (Å²) in [7, 11) is 0. The van der Waals surface area contributed by atoms with Gasteiger partial charge < -0.3 is 24.6 Å². The first-order valence-corrected chi connectivity index (χ1v) is 10.9. The molecule has 9 nitrogen and oxygen atoms in total. The van der Waals surface area contributed by atoms with Gasteiger partial charge in [-0.1, -0.05) is 22.8 Å². The molecule has 3 aromatic rings. The number of β-amino-alcohol motifs (C(OH)–C–C–N with tert-alkyl or cyclic N) is 1. The number of hydrogen-bond acceptors (Lipinski definition) is 7. The van der Waals surface area contributed by atoms with Crippen molar-refractivity contribution in [2.24, 2.45) is 0 Å². The van der Waals surface area contributed by atoms with Crippen molar-refractivity contribution in [1.82, 2.24) is 20.4 Å². The lowest BCUT2D eigenvalue weighted by Gasteiger charge is -2.23. The molecule has 0 bridgehead atoms. The van der Waals surface area contributed by atoms with Crippen LogP contribution in [0.4, 0.5) is 0 Å². The molecule has 2 N–H and O–H groups in total. The van der Waals surface area contributed by atoms with Gasteiger partial charge in [0.1, 0.15) is 11.8 Å². The lowest BCUT2D eigenvalue weighted by atomic mass is 10.1. The van der Waals surface area contributed by atoms with E-state index in [9.17, 15) is 14.7 Å². The van der Waals surface area contributed by atoms with Crippen molar-refractivity contribution in [1.29, 1.82) is 0 Å². The van der Waals surface area contributed by atoms with E-state index in [0.717, 1.165) is 5.56 Å². The van der Waals surface area contributed by atoms with Crippen LogP contribution in [0.3, 0.4) is 0 Å². The lowest BCUT2D eigenvalue weighted by molar-refractivity contribution is -0.125. The molecule has 1 saturated heterocycles. The monoisotopic (exact) mass is 470 g/mol. The number of carbonyl (C=O) groups is 2. The van der Waals surface area contributed by atoms with E-state index in [2.05, 4.69) is 15.5 Å². The summed E-state index contributed by atoms with van der Waals surface area (Å²) >= 11 is 5.89. The first-order chi connectivity index (χ1) is 15.9. The average molecular weight is 471 g/mol. The molecule has 1 aliphatic heterocycles. The fourth-order valence-corrected chi connectivity index (χ4v) is 3.79. The predicted molar refractivity (Wildman–Crippen MR) is 120 cm³/mol. The molecule has 2 unspecified atom stereocenters. The van der Waals surface area contributed by atoms with Crippen molar-refractivity contribution in [3.63, 3.8) is 0 Å². The van der Waals surface area contributed by atoms with Crippen LogP contribution >= 0.6 is 11.6 Å². The molecule has 0 spiro atoms. The zero-order valence-corrected chi connectivity index (χ0v) is 18.7. The van der Waals surface area contributed by atoms with Gasteiger partial charge in [-0.3, -0.25) is 9.59 Å². The molecule has 10 heteroatoms. The molecular formula is C23H23ClN4O5. The highest BCUT2D eigenvalue weighted by Gasteiger charge is 2.39. The number of amides is 2. The Bertz CT molecular complexity index is 1130. The van der Waals surface area contributed by atoms with Crippen LogP contribution < -0.4 is 10.1 Å². The van der Waals surface area contributed by atoms with Crippen LogP contribution in [0.25, 0.3) is 11.4 Å². The van der Waals surface area contributed by atoms with E-state index in [1.54, 1.807) is 48.5 Å². The zero-order chi connectivity index (χ0) is 23.4. The van der Waals surface area contributed by atoms with Crippen molar-refractivity contribution < 1.29 is 24.0 Å². The highest BCUT2D eigenvalue weighted by Crippen LogP contribution is 2.23. The average Bonchev–Trinajstić information content (AvgIpc) is 3.45. The topological polar surface area (TPSA) is 118 Å². The van der Waals surface area contributed by atoms with Gasteiger partial charge in [-0.2, -0.15) is 4.98 Å². The third-order valence-corrected chi connectivity index (χ3v) is 5.47. The Morgan fingerprint density at radius 1 is 1.27 bits per heavy atom. The second kappa shape index (κ2) is 10.0. The summed E-state index contributed by atoms with van der Waals surface area (Å²) < 4.78 is 10.7. The molecule has 0 saturated carbocycles. The van der Waals surface area contributed by atoms with Crippen LogP contribution in [0.1, 0.15) is 29.6 Å². The number of nitrogens with one attached hydrogen (secondary N) is 1. The molecule has 4 rings (SSSR count). The Morgan fingerprint density at radius 3 is 2.82 bits per heavy atom. The van der Waals surface area contributed by atoms with Gasteiger partial charge in [0.05, 0.1) is 19.3 Å². The van der Waals surface area contributed by atoms with Crippen LogP contribution in [-0.4, -0.2) is 57.3 Å². The van der Waals surface area contributed by atoms with Gasteiger partial charge in [0, 0.05) is 29.1 Å². The van der Waals surface area contributed by atoms with Gasteiger partial charge in [-0.15, -0.1) is 0 Å². The smallest absolute Gasteiger partial charge is 0.254 e. The van der Waals surface area contributed by atoms with E-state index in [4.69, 9.17) is 20.9 Å². The number of likely N-dealkylation sites (tertiary alicyclic amines) is 1. The van der Waals surface area contributed by atoms with Crippen LogP contribution in [0.2, 0.25) is 5.02 Å². The molecule has 33 heavy (non-hydrogen) atoms. The molecule has 0 radical (unpaired) electrons. The number of benzene rings is 2. The Balaban J connectivity index is 1.41. The van der Waals surface area contributed by atoms with E-state index < -0.39 is 18.1 Å². The summed E-state index contributed by atoms with van der Waals surface area (Å²) in [5.74, 6) is 0.396. The van der Waals surface area contributed by atoms with E-state index in [-0.39, 0.29) is 31.3 Å². The standard InChI is InChI=1S/C23H23ClN4O5/c1-2-32-18-5-3-4-15(10-18)23(31)28-13-17(29)11-19(28)22(30)25-12-20-26-21(27-33-20)14-6-8-16(24)9-7-14/h3-10,17,19,29H,2,11-13H2,1H3,(H,25,30). The number of hydrogen-bond donors (Lipinski definition) is 2. The van der Waals surface area contributed by atoms with E-state index in [1.165, 1.54) is 4.90 Å². The number of rotatable bonds is 7. The van der Waals surface area contributed by atoms with Crippen LogP contribution in [0.15, 0.2) is 53.1 Å². The van der Waals surface area contributed by atoms with Gasteiger partial charge >= 0.3 is 0 Å². The first-order valence-electron chi connectivity index (χ1n) is 10.5. The maximum absolute atomic E-state index is 13.1. The predicted octanol–water partition coefficient (Wildman–Crippen LogP) is 2.68. The molecule has 2 aromatic carbocycles. The molecule has 2 amide bonds. The van der Waals surface area contributed by atoms with Crippen molar-refractivity contribution in [2.45, 2.75) is 32.0 Å². The second-order valence-corrected chi connectivity index (χ2v) is 8.00. The number of aliphatic hydroxyl groups excluding tert-OH is 1. The number of aliphatic hydroxyl groups is 1. The maximum Gasteiger partial charge on any atom is 0.254 e. The van der Waals surface area contributed by atoms with Crippen molar-refractivity contribution >= 4 is 23.4 Å². The highest BCUT2D eigenvalue weighted by molar-refractivity contribution is 6.30. The molecule has 0 aliphatic carbocycles. The summed E-state index contributed by atoms with van der Waals surface area (Å²) in [6, 6.07) is 12.9. The van der Waals surface area contributed by atoms with Crippen molar-refractivity contribution in [2.75, 3.05) is 13.2 Å². The van der Waals surface area contributed by atoms with Gasteiger partial charge in [0.15, 0.2) is 0 Å².